The van der Waals surface area contributed by atoms with E-state index in [0.29, 0.717) is 17.0 Å². The Kier molecular flexibility index (Phi) is 6.30. The summed E-state index contributed by atoms with van der Waals surface area (Å²) in [4.78, 5) is 27.7. The first kappa shape index (κ1) is 23.3. The first-order valence-electron chi connectivity index (χ1n) is 10.3. The largest absolute Gasteiger partial charge is 0.507 e. The molecule has 1 aliphatic rings. The quantitative estimate of drug-likeness (QED) is 0.299. The Bertz CT molecular complexity index is 1320. The molecule has 1 amide bonds. The number of halogens is 2. The van der Waals surface area contributed by atoms with Crippen LogP contribution in [0.2, 0.25) is 5.02 Å². The second kappa shape index (κ2) is 9.19. The normalized spacial score (nSPS) is 17.2. The standard InChI is InChI=1S/C26H21ClFNO5/c1-14-5-4-6-15(11-14)23-22(24(30)18-12-19(27)21(34-3)13-20(18)33-2)25(31)26(32)29(23)17-9-7-16(28)8-10-17/h4-13,23,30H,1-3H3/b24-22+. The first-order valence-corrected chi connectivity index (χ1v) is 10.7. The van der Waals surface area contributed by atoms with Crippen molar-refractivity contribution in [2.24, 2.45) is 0 Å². The number of nitrogens with zero attached hydrogens (tertiary/aromatic N) is 1. The van der Waals surface area contributed by atoms with E-state index in [-0.39, 0.29) is 21.9 Å². The van der Waals surface area contributed by atoms with Crippen molar-refractivity contribution < 1.29 is 28.6 Å². The van der Waals surface area contributed by atoms with E-state index < -0.39 is 29.3 Å². The van der Waals surface area contributed by atoms with Crippen LogP contribution in [0.25, 0.3) is 5.76 Å². The Hall–Kier alpha value is -3.84. The van der Waals surface area contributed by atoms with Crippen LogP contribution in [0.5, 0.6) is 11.5 Å². The molecule has 1 N–H and O–H groups in total. The smallest absolute Gasteiger partial charge is 0.300 e. The number of anilines is 1. The molecule has 8 heteroatoms. The summed E-state index contributed by atoms with van der Waals surface area (Å²) >= 11 is 6.28. The predicted octanol–water partition coefficient (Wildman–Crippen LogP) is 5.43. The number of methoxy groups -OCH3 is 2. The van der Waals surface area contributed by atoms with Crippen molar-refractivity contribution in [1.82, 2.24) is 0 Å². The van der Waals surface area contributed by atoms with Gasteiger partial charge in [0.15, 0.2) is 0 Å². The fourth-order valence-electron chi connectivity index (χ4n) is 4.05. The fraction of sp³-hybridized carbons (Fsp3) is 0.154. The lowest BCUT2D eigenvalue weighted by Crippen LogP contribution is -2.29. The van der Waals surface area contributed by atoms with E-state index in [9.17, 15) is 19.1 Å². The molecule has 174 valence electrons. The van der Waals surface area contributed by atoms with Gasteiger partial charge in [0.2, 0.25) is 0 Å². The first-order chi connectivity index (χ1) is 16.3. The zero-order valence-electron chi connectivity index (χ0n) is 18.6. The van der Waals surface area contributed by atoms with E-state index in [1.165, 1.54) is 55.5 Å². The van der Waals surface area contributed by atoms with Crippen LogP contribution >= 0.6 is 11.6 Å². The van der Waals surface area contributed by atoms with Crippen molar-refractivity contribution in [2.75, 3.05) is 19.1 Å². The van der Waals surface area contributed by atoms with Gasteiger partial charge >= 0.3 is 0 Å². The van der Waals surface area contributed by atoms with E-state index in [0.717, 1.165) is 5.56 Å². The van der Waals surface area contributed by atoms with Gasteiger partial charge < -0.3 is 14.6 Å². The number of ketones is 1. The number of rotatable bonds is 5. The number of carbonyl (C=O) groups excluding carboxylic acids is 2. The van der Waals surface area contributed by atoms with Crippen LogP contribution in [0.1, 0.15) is 22.7 Å². The molecule has 0 aromatic heterocycles. The van der Waals surface area contributed by atoms with Crippen LogP contribution in [0, 0.1) is 12.7 Å². The van der Waals surface area contributed by atoms with Gasteiger partial charge in [0.1, 0.15) is 23.1 Å². The van der Waals surface area contributed by atoms with Crippen LogP contribution < -0.4 is 14.4 Å². The molecule has 1 unspecified atom stereocenters. The molecule has 6 nitrogen and oxygen atoms in total. The van der Waals surface area contributed by atoms with E-state index in [2.05, 4.69) is 0 Å². The molecule has 1 heterocycles. The number of hydrogen-bond donors (Lipinski definition) is 1. The lowest BCUT2D eigenvalue weighted by molar-refractivity contribution is -0.132. The maximum atomic E-state index is 13.6. The van der Waals surface area contributed by atoms with E-state index in [1.54, 1.807) is 12.1 Å². The SMILES string of the molecule is COc1cc(OC)c(/C(O)=C2\C(=O)C(=O)N(c3ccc(F)cc3)C2c2cccc(C)c2)cc1Cl. The summed E-state index contributed by atoms with van der Waals surface area (Å²) in [6.45, 7) is 1.87. The number of carbonyl (C=O) groups is 2. The van der Waals surface area contributed by atoms with E-state index in [4.69, 9.17) is 21.1 Å². The van der Waals surface area contributed by atoms with Crippen LogP contribution in [0.3, 0.4) is 0 Å². The van der Waals surface area contributed by atoms with Gasteiger partial charge in [-0.1, -0.05) is 41.4 Å². The Morgan fingerprint density at radius 3 is 2.29 bits per heavy atom. The number of Topliss-reactive ketones (excluding diaryl/α,β-unsaturated/α-hetero) is 1. The number of aliphatic hydroxyl groups is 1. The molecular formula is C26H21ClFNO5. The van der Waals surface area contributed by atoms with Gasteiger partial charge in [0.05, 0.1) is 36.4 Å². The highest BCUT2D eigenvalue weighted by atomic mass is 35.5. The van der Waals surface area contributed by atoms with Crippen molar-refractivity contribution >= 4 is 34.7 Å². The lowest BCUT2D eigenvalue weighted by atomic mass is 9.94. The van der Waals surface area contributed by atoms with Crippen LogP contribution in [0.15, 0.2) is 66.2 Å². The minimum absolute atomic E-state index is 0.128. The number of hydrogen-bond acceptors (Lipinski definition) is 5. The summed E-state index contributed by atoms with van der Waals surface area (Å²) in [6.07, 6.45) is 0. The van der Waals surface area contributed by atoms with Gasteiger partial charge in [0, 0.05) is 11.8 Å². The average Bonchev–Trinajstić information content (AvgIpc) is 3.09. The maximum absolute atomic E-state index is 13.6. The third-order valence-electron chi connectivity index (χ3n) is 5.64. The van der Waals surface area contributed by atoms with Crippen LogP contribution in [0.4, 0.5) is 10.1 Å². The third kappa shape index (κ3) is 3.99. The zero-order valence-corrected chi connectivity index (χ0v) is 19.4. The number of benzene rings is 3. The summed E-state index contributed by atoms with van der Waals surface area (Å²) in [6, 6.07) is 14.4. The van der Waals surface area contributed by atoms with Crippen LogP contribution in [-0.4, -0.2) is 31.0 Å². The lowest BCUT2D eigenvalue weighted by Gasteiger charge is -2.26. The summed E-state index contributed by atoms with van der Waals surface area (Å²) in [5.74, 6) is -2.15. The Morgan fingerprint density at radius 1 is 1.00 bits per heavy atom. The molecule has 1 atom stereocenters. The van der Waals surface area contributed by atoms with E-state index in [1.807, 2.05) is 19.1 Å². The highest BCUT2D eigenvalue weighted by molar-refractivity contribution is 6.51. The van der Waals surface area contributed by atoms with Gasteiger partial charge in [-0.05, 0) is 42.8 Å². The molecule has 0 bridgehead atoms. The van der Waals surface area contributed by atoms with Crippen molar-refractivity contribution in [2.45, 2.75) is 13.0 Å². The molecule has 0 saturated carbocycles. The van der Waals surface area contributed by atoms with Crippen molar-refractivity contribution in [3.8, 4) is 11.5 Å². The Morgan fingerprint density at radius 2 is 1.68 bits per heavy atom. The highest BCUT2D eigenvalue weighted by Crippen LogP contribution is 2.44. The molecular weight excluding hydrogens is 461 g/mol. The minimum atomic E-state index is -0.962. The molecule has 0 aliphatic carbocycles. The van der Waals surface area contributed by atoms with Gasteiger partial charge in [-0.25, -0.2) is 4.39 Å². The Balaban J connectivity index is 1.99. The molecule has 1 fully saturated rings. The van der Waals surface area contributed by atoms with Crippen LogP contribution in [-0.2, 0) is 9.59 Å². The predicted molar refractivity (Wildman–Crippen MR) is 127 cm³/mol. The van der Waals surface area contributed by atoms with Gasteiger partial charge in [-0.15, -0.1) is 0 Å². The molecule has 4 rings (SSSR count). The van der Waals surface area contributed by atoms with Crippen molar-refractivity contribution in [1.29, 1.82) is 0 Å². The summed E-state index contributed by atoms with van der Waals surface area (Å²) < 4.78 is 24.2. The Labute approximate surface area is 200 Å². The van der Waals surface area contributed by atoms with Crippen molar-refractivity contribution in [3.05, 3.63) is 93.8 Å². The van der Waals surface area contributed by atoms with Gasteiger partial charge in [-0.3, -0.25) is 14.5 Å². The molecule has 1 saturated heterocycles. The van der Waals surface area contributed by atoms with E-state index >= 15 is 0 Å². The highest BCUT2D eigenvalue weighted by Gasteiger charge is 2.47. The topological polar surface area (TPSA) is 76.1 Å². The number of amides is 1. The molecule has 0 spiro atoms. The maximum Gasteiger partial charge on any atom is 0.300 e. The average molecular weight is 482 g/mol. The fourth-order valence-corrected chi connectivity index (χ4v) is 4.29. The molecule has 3 aromatic carbocycles. The minimum Gasteiger partial charge on any atom is -0.507 e. The summed E-state index contributed by atoms with van der Waals surface area (Å²) in [7, 11) is 2.83. The molecule has 1 aliphatic heterocycles. The second-order valence-corrected chi connectivity index (χ2v) is 8.15. The number of aliphatic hydroxyl groups excluding tert-OH is 1. The zero-order chi connectivity index (χ0) is 24.6. The van der Waals surface area contributed by atoms with Crippen molar-refractivity contribution in [3.63, 3.8) is 0 Å². The number of ether oxygens (including phenoxy) is 2. The molecule has 0 radical (unpaired) electrons. The monoisotopic (exact) mass is 481 g/mol. The molecule has 3 aromatic rings. The second-order valence-electron chi connectivity index (χ2n) is 7.75. The summed E-state index contributed by atoms with van der Waals surface area (Å²) in [5, 5.41) is 11.5. The summed E-state index contributed by atoms with van der Waals surface area (Å²) in [5.41, 5.74) is 1.80. The third-order valence-corrected chi connectivity index (χ3v) is 5.93. The number of aryl methyl sites for hydroxylation is 1. The van der Waals surface area contributed by atoms with Gasteiger partial charge in [0.25, 0.3) is 11.7 Å². The van der Waals surface area contributed by atoms with Gasteiger partial charge in [-0.2, -0.15) is 0 Å². The molecule has 34 heavy (non-hydrogen) atoms.